The van der Waals surface area contributed by atoms with Crippen molar-refractivity contribution in [3.63, 3.8) is 0 Å². The van der Waals surface area contributed by atoms with E-state index in [1.165, 1.54) is 18.2 Å². The summed E-state index contributed by atoms with van der Waals surface area (Å²) in [6.45, 7) is 0.599. The molecular formula is C12H17F2NO3S2. The molecule has 0 aliphatic heterocycles. The molecule has 0 radical (unpaired) electrons. The third-order valence-electron chi connectivity index (χ3n) is 2.44. The Balaban J connectivity index is 2.63. The number of alkyl halides is 2. The number of anilines is 1. The number of hydrogen-bond acceptors (Lipinski definition) is 5. The predicted molar refractivity (Wildman–Crippen MR) is 77.1 cm³/mol. The zero-order chi connectivity index (χ0) is 15.0. The number of rotatable bonds is 9. The highest BCUT2D eigenvalue weighted by molar-refractivity contribution is 7.99. The molecule has 8 heteroatoms. The molecule has 1 aromatic carbocycles. The van der Waals surface area contributed by atoms with Crippen molar-refractivity contribution in [1.29, 1.82) is 0 Å². The van der Waals surface area contributed by atoms with Gasteiger partial charge in [0.1, 0.15) is 0 Å². The minimum absolute atomic E-state index is 0.135. The second-order valence-corrected chi connectivity index (χ2v) is 7.03. The van der Waals surface area contributed by atoms with Gasteiger partial charge in [-0.05, 0) is 24.3 Å². The highest BCUT2D eigenvalue weighted by Crippen LogP contribution is 2.25. The summed E-state index contributed by atoms with van der Waals surface area (Å²) in [5, 5.41) is 11.5. The summed E-state index contributed by atoms with van der Waals surface area (Å²) in [5.74, 6) is -1.93. The predicted octanol–water partition coefficient (Wildman–Crippen LogP) is 2.21. The van der Waals surface area contributed by atoms with E-state index in [-0.39, 0.29) is 17.2 Å². The Hall–Kier alpha value is -0.860. The van der Waals surface area contributed by atoms with Gasteiger partial charge in [-0.2, -0.15) is 20.5 Å². The molecule has 0 spiro atoms. The van der Waals surface area contributed by atoms with Gasteiger partial charge in [-0.25, -0.2) is 8.42 Å². The normalized spacial score (nSPS) is 11.8. The SMILES string of the molecule is O=S(=O)(c1ccccc1NCCSCCCO)C(F)F. The van der Waals surface area contributed by atoms with Crippen molar-refractivity contribution in [2.75, 3.05) is 30.0 Å². The van der Waals surface area contributed by atoms with Crippen LogP contribution in [0.2, 0.25) is 0 Å². The average molecular weight is 325 g/mol. The Bertz CT molecular complexity index is 509. The number of nitrogens with one attached hydrogen (secondary N) is 1. The van der Waals surface area contributed by atoms with E-state index in [2.05, 4.69) is 5.32 Å². The van der Waals surface area contributed by atoms with Crippen LogP contribution in [-0.2, 0) is 9.84 Å². The van der Waals surface area contributed by atoms with Gasteiger partial charge in [-0.1, -0.05) is 12.1 Å². The molecule has 0 amide bonds. The first-order valence-electron chi connectivity index (χ1n) is 6.03. The quantitative estimate of drug-likeness (QED) is 0.682. The van der Waals surface area contributed by atoms with E-state index in [4.69, 9.17) is 5.11 Å². The van der Waals surface area contributed by atoms with Crippen molar-refractivity contribution in [3.05, 3.63) is 24.3 Å². The highest BCUT2D eigenvalue weighted by atomic mass is 32.2. The van der Waals surface area contributed by atoms with Crippen LogP contribution in [0.25, 0.3) is 0 Å². The maximum atomic E-state index is 12.6. The van der Waals surface area contributed by atoms with E-state index in [1.807, 2.05) is 0 Å². The van der Waals surface area contributed by atoms with Crippen LogP contribution in [0.5, 0.6) is 0 Å². The topological polar surface area (TPSA) is 66.4 Å². The molecule has 4 nitrogen and oxygen atoms in total. The van der Waals surface area contributed by atoms with Crippen LogP contribution < -0.4 is 5.32 Å². The minimum Gasteiger partial charge on any atom is -0.396 e. The Labute approximate surface area is 121 Å². The molecular weight excluding hydrogens is 308 g/mol. The molecule has 0 aliphatic carbocycles. The molecule has 1 aromatic rings. The second-order valence-electron chi connectivity index (χ2n) is 3.92. The summed E-state index contributed by atoms with van der Waals surface area (Å²) in [4.78, 5) is -0.379. The fraction of sp³-hybridized carbons (Fsp3) is 0.500. The Kier molecular flexibility index (Phi) is 7.25. The van der Waals surface area contributed by atoms with Gasteiger partial charge in [0.15, 0.2) is 0 Å². The standard InChI is InChI=1S/C12H17F2NO3S2/c13-12(14)20(17,18)11-5-2-1-4-10(11)15-6-9-19-8-3-7-16/h1-2,4-5,12,15-16H,3,6-9H2. The molecule has 0 heterocycles. The zero-order valence-electron chi connectivity index (χ0n) is 10.8. The smallest absolute Gasteiger partial charge is 0.341 e. The van der Waals surface area contributed by atoms with Crippen LogP contribution in [0, 0.1) is 0 Å². The van der Waals surface area contributed by atoms with Crippen LogP contribution in [0.15, 0.2) is 29.2 Å². The molecule has 0 atom stereocenters. The van der Waals surface area contributed by atoms with Crippen molar-refractivity contribution in [3.8, 4) is 0 Å². The van der Waals surface area contributed by atoms with Crippen molar-refractivity contribution in [1.82, 2.24) is 0 Å². The van der Waals surface area contributed by atoms with Gasteiger partial charge in [0.05, 0.1) is 10.6 Å². The number of benzene rings is 1. The van der Waals surface area contributed by atoms with E-state index in [0.29, 0.717) is 18.7 Å². The number of hydrogen-bond donors (Lipinski definition) is 2. The van der Waals surface area contributed by atoms with Gasteiger partial charge in [0.25, 0.3) is 0 Å². The average Bonchev–Trinajstić information content (AvgIpc) is 2.43. The molecule has 114 valence electrons. The third-order valence-corrected chi connectivity index (χ3v) is 4.95. The molecule has 0 fully saturated rings. The van der Waals surface area contributed by atoms with Crippen LogP contribution >= 0.6 is 11.8 Å². The van der Waals surface area contributed by atoms with Gasteiger partial charge >= 0.3 is 5.76 Å². The van der Waals surface area contributed by atoms with Crippen molar-refractivity contribution in [2.24, 2.45) is 0 Å². The molecule has 0 saturated carbocycles. The maximum Gasteiger partial charge on any atom is 0.341 e. The van der Waals surface area contributed by atoms with Crippen molar-refractivity contribution < 1.29 is 22.3 Å². The third kappa shape index (κ3) is 4.92. The van der Waals surface area contributed by atoms with Gasteiger partial charge in [0, 0.05) is 18.9 Å². The summed E-state index contributed by atoms with van der Waals surface area (Å²) in [7, 11) is -4.59. The molecule has 0 aliphatic rings. The van der Waals surface area contributed by atoms with E-state index in [9.17, 15) is 17.2 Å². The van der Waals surface area contributed by atoms with Crippen LogP contribution in [0.1, 0.15) is 6.42 Å². The fourth-order valence-corrected chi connectivity index (χ4v) is 3.17. The monoisotopic (exact) mass is 325 g/mol. The van der Waals surface area contributed by atoms with E-state index in [1.54, 1.807) is 17.8 Å². The molecule has 0 aromatic heterocycles. The van der Waals surface area contributed by atoms with Gasteiger partial charge in [0.2, 0.25) is 9.84 Å². The lowest BCUT2D eigenvalue weighted by Crippen LogP contribution is -2.15. The summed E-state index contributed by atoms with van der Waals surface area (Å²) in [5.41, 5.74) is 0.190. The molecule has 20 heavy (non-hydrogen) atoms. The summed E-state index contributed by atoms with van der Waals surface area (Å²) in [6, 6.07) is 5.64. The number of halogens is 2. The van der Waals surface area contributed by atoms with Crippen LogP contribution in [-0.4, -0.2) is 43.9 Å². The zero-order valence-corrected chi connectivity index (χ0v) is 12.4. The summed E-state index contributed by atoms with van der Waals surface area (Å²) >= 11 is 1.60. The van der Waals surface area contributed by atoms with E-state index in [0.717, 1.165) is 5.75 Å². The highest BCUT2D eigenvalue weighted by Gasteiger charge is 2.28. The molecule has 0 saturated heterocycles. The van der Waals surface area contributed by atoms with E-state index >= 15 is 0 Å². The first-order chi connectivity index (χ1) is 9.50. The maximum absolute atomic E-state index is 12.6. The molecule has 0 bridgehead atoms. The first-order valence-corrected chi connectivity index (χ1v) is 8.74. The molecule has 2 N–H and O–H groups in total. The lowest BCUT2D eigenvalue weighted by atomic mass is 10.3. The Morgan fingerprint density at radius 2 is 1.95 bits per heavy atom. The lowest BCUT2D eigenvalue weighted by molar-refractivity contribution is 0.235. The van der Waals surface area contributed by atoms with Crippen LogP contribution in [0.4, 0.5) is 14.5 Å². The second kappa shape index (κ2) is 8.43. The number of sulfone groups is 1. The number of thioether (sulfide) groups is 1. The van der Waals surface area contributed by atoms with Crippen molar-refractivity contribution in [2.45, 2.75) is 17.1 Å². The Morgan fingerprint density at radius 3 is 2.60 bits per heavy atom. The van der Waals surface area contributed by atoms with E-state index < -0.39 is 15.6 Å². The number of aliphatic hydroxyl groups excluding tert-OH is 1. The Morgan fingerprint density at radius 1 is 1.25 bits per heavy atom. The first kappa shape index (κ1) is 17.2. The molecule has 1 rings (SSSR count). The number of para-hydroxylation sites is 1. The summed E-state index contributed by atoms with van der Waals surface area (Å²) < 4.78 is 48.1. The van der Waals surface area contributed by atoms with Gasteiger partial charge < -0.3 is 10.4 Å². The minimum atomic E-state index is -4.59. The van der Waals surface area contributed by atoms with Crippen molar-refractivity contribution >= 4 is 27.3 Å². The molecule has 0 unspecified atom stereocenters. The van der Waals surface area contributed by atoms with Gasteiger partial charge in [-0.3, -0.25) is 0 Å². The largest absolute Gasteiger partial charge is 0.396 e. The fourth-order valence-electron chi connectivity index (χ4n) is 1.48. The number of aliphatic hydroxyl groups is 1. The van der Waals surface area contributed by atoms with Gasteiger partial charge in [-0.15, -0.1) is 0 Å². The van der Waals surface area contributed by atoms with Crippen LogP contribution in [0.3, 0.4) is 0 Å². The lowest BCUT2D eigenvalue weighted by Gasteiger charge is -2.11. The summed E-state index contributed by atoms with van der Waals surface area (Å²) in [6.07, 6.45) is 0.695.